The maximum atomic E-state index is 12.7. The topological polar surface area (TPSA) is 65.4 Å². The summed E-state index contributed by atoms with van der Waals surface area (Å²) in [5.41, 5.74) is 4.51. The maximum absolute atomic E-state index is 12.7. The molecule has 170 valence electrons. The fourth-order valence-electron chi connectivity index (χ4n) is 3.82. The zero-order chi connectivity index (χ0) is 23.1. The minimum atomic E-state index is -0.183. The summed E-state index contributed by atoms with van der Waals surface area (Å²) in [6, 6.07) is 17.8. The van der Waals surface area contributed by atoms with E-state index in [4.69, 9.17) is 9.47 Å². The molecule has 1 atom stereocenters. The highest BCUT2D eigenvalue weighted by atomic mass is 16.5. The van der Waals surface area contributed by atoms with Gasteiger partial charge in [0, 0.05) is 12.2 Å². The number of carbonyl (C=O) groups excluding carboxylic acids is 1. The lowest BCUT2D eigenvalue weighted by Gasteiger charge is -2.17. The van der Waals surface area contributed by atoms with Crippen LogP contribution < -0.4 is 10.1 Å². The second kappa shape index (κ2) is 11.0. The van der Waals surface area contributed by atoms with Gasteiger partial charge in [-0.1, -0.05) is 30.3 Å². The van der Waals surface area contributed by atoms with Gasteiger partial charge in [0.2, 0.25) is 0 Å². The molecule has 6 nitrogen and oxygen atoms in total. The number of aryl methyl sites for hydroxylation is 1. The quantitative estimate of drug-likeness (QED) is 0.509. The number of hydrogen-bond donors (Lipinski definition) is 1. The maximum Gasteiger partial charge on any atom is 0.271 e. The molecular formula is C26H33N3O3. The summed E-state index contributed by atoms with van der Waals surface area (Å²) in [6.45, 7) is 8.61. The predicted octanol–water partition coefficient (Wildman–Crippen LogP) is 4.52. The molecule has 0 aliphatic rings. The number of benzene rings is 2. The molecule has 0 saturated carbocycles. The van der Waals surface area contributed by atoms with Gasteiger partial charge in [-0.15, -0.1) is 0 Å². The van der Waals surface area contributed by atoms with Gasteiger partial charge in [-0.3, -0.25) is 4.79 Å². The number of nitrogens with one attached hydrogen (secondary N) is 1. The first-order valence-corrected chi connectivity index (χ1v) is 11.1. The second-order valence-corrected chi connectivity index (χ2v) is 8.27. The molecule has 0 spiro atoms. The number of amides is 1. The van der Waals surface area contributed by atoms with Gasteiger partial charge in [0.05, 0.1) is 25.0 Å². The van der Waals surface area contributed by atoms with E-state index in [0.29, 0.717) is 18.7 Å². The Kier molecular flexibility index (Phi) is 8.06. The minimum absolute atomic E-state index is 0.138. The third kappa shape index (κ3) is 6.20. The molecule has 0 saturated heterocycles. The van der Waals surface area contributed by atoms with Gasteiger partial charge in [-0.2, -0.15) is 5.10 Å². The largest absolute Gasteiger partial charge is 0.496 e. The molecular weight excluding hydrogens is 402 g/mol. The molecule has 0 aliphatic carbocycles. The van der Waals surface area contributed by atoms with Crippen LogP contribution in [0.5, 0.6) is 5.75 Å². The standard InChI is InChI=1S/C26H33N3O3/c1-18(2)32-20(4)16-21-11-12-25(31-5)22(17-21)13-14-27-26(30)24-15-19(3)29(28-24)23-9-7-6-8-10-23/h6-12,15,17-18,20H,13-14,16H2,1-5H3,(H,27,30). The molecule has 0 bridgehead atoms. The molecule has 32 heavy (non-hydrogen) atoms. The Balaban J connectivity index is 1.62. The number of hydrogen-bond acceptors (Lipinski definition) is 4. The summed E-state index contributed by atoms with van der Waals surface area (Å²) in [4.78, 5) is 12.7. The van der Waals surface area contributed by atoms with Crippen LogP contribution in [0.15, 0.2) is 54.6 Å². The molecule has 3 aromatic rings. The van der Waals surface area contributed by atoms with Crippen molar-refractivity contribution in [3.8, 4) is 11.4 Å². The molecule has 1 heterocycles. The number of ether oxygens (including phenoxy) is 2. The van der Waals surface area contributed by atoms with Crippen molar-refractivity contribution in [1.82, 2.24) is 15.1 Å². The zero-order valence-corrected chi connectivity index (χ0v) is 19.6. The fourth-order valence-corrected chi connectivity index (χ4v) is 3.82. The lowest BCUT2D eigenvalue weighted by Crippen LogP contribution is -2.26. The summed E-state index contributed by atoms with van der Waals surface area (Å²) in [6.07, 6.45) is 1.84. The number of methoxy groups -OCH3 is 1. The van der Waals surface area contributed by atoms with Crippen LogP contribution in [-0.2, 0) is 17.6 Å². The zero-order valence-electron chi connectivity index (χ0n) is 19.6. The molecule has 2 aromatic carbocycles. The van der Waals surface area contributed by atoms with Crippen LogP contribution in [0.4, 0.5) is 0 Å². The van der Waals surface area contributed by atoms with Gasteiger partial charge >= 0.3 is 0 Å². The van der Waals surface area contributed by atoms with Crippen molar-refractivity contribution in [1.29, 1.82) is 0 Å². The van der Waals surface area contributed by atoms with Crippen LogP contribution in [0.25, 0.3) is 5.69 Å². The number of nitrogens with zero attached hydrogens (tertiary/aromatic N) is 2. The van der Waals surface area contributed by atoms with Crippen molar-refractivity contribution in [3.05, 3.63) is 77.1 Å². The van der Waals surface area contributed by atoms with Gasteiger partial charge in [-0.05, 0) is 75.9 Å². The van der Waals surface area contributed by atoms with Crippen LogP contribution in [0.3, 0.4) is 0 Å². The number of carbonyl (C=O) groups is 1. The Bertz CT molecular complexity index is 1030. The van der Waals surface area contributed by atoms with E-state index in [-0.39, 0.29) is 18.1 Å². The number of aromatic nitrogens is 2. The first kappa shape index (κ1) is 23.5. The van der Waals surface area contributed by atoms with E-state index in [9.17, 15) is 4.79 Å². The van der Waals surface area contributed by atoms with Crippen molar-refractivity contribution in [2.75, 3.05) is 13.7 Å². The molecule has 3 rings (SSSR count). The van der Waals surface area contributed by atoms with Crippen molar-refractivity contribution < 1.29 is 14.3 Å². The Morgan fingerprint density at radius 1 is 1.09 bits per heavy atom. The Labute approximate surface area is 190 Å². The molecule has 6 heteroatoms. The molecule has 1 N–H and O–H groups in total. The van der Waals surface area contributed by atoms with Gasteiger partial charge in [0.1, 0.15) is 5.75 Å². The van der Waals surface area contributed by atoms with E-state index in [1.165, 1.54) is 5.56 Å². The van der Waals surface area contributed by atoms with E-state index in [2.05, 4.69) is 29.5 Å². The highest BCUT2D eigenvalue weighted by Crippen LogP contribution is 2.22. The lowest BCUT2D eigenvalue weighted by atomic mass is 10.0. The molecule has 0 radical (unpaired) electrons. The van der Waals surface area contributed by atoms with Crippen LogP contribution in [0.1, 0.15) is 48.1 Å². The SMILES string of the molecule is COc1ccc(CC(C)OC(C)C)cc1CCNC(=O)c1cc(C)n(-c2ccccc2)n1. The first-order valence-electron chi connectivity index (χ1n) is 11.1. The minimum Gasteiger partial charge on any atom is -0.496 e. The summed E-state index contributed by atoms with van der Waals surface area (Å²) < 4.78 is 13.2. The highest BCUT2D eigenvalue weighted by molar-refractivity contribution is 5.92. The van der Waals surface area contributed by atoms with E-state index < -0.39 is 0 Å². The number of para-hydroxylation sites is 1. The van der Waals surface area contributed by atoms with Gasteiger partial charge in [0.15, 0.2) is 5.69 Å². The Hall–Kier alpha value is -3.12. The highest BCUT2D eigenvalue weighted by Gasteiger charge is 2.14. The summed E-state index contributed by atoms with van der Waals surface area (Å²) in [5, 5.41) is 7.46. The van der Waals surface area contributed by atoms with E-state index in [0.717, 1.165) is 29.1 Å². The monoisotopic (exact) mass is 435 g/mol. The predicted molar refractivity (Wildman–Crippen MR) is 127 cm³/mol. The van der Waals surface area contributed by atoms with Crippen LogP contribution in [0.2, 0.25) is 0 Å². The van der Waals surface area contributed by atoms with Gasteiger partial charge in [0.25, 0.3) is 5.91 Å². The van der Waals surface area contributed by atoms with Crippen molar-refractivity contribution in [3.63, 3.8) is 0 Å². The van der Waals surface area contributed by atoms with E-state index >= 15 is 0 Å². The third-order valence-electron chi connectivity index (χ3n) is 5.17. The Morgan fingerprint density at radius 3 is 2.53 bits per heavy atom. The summed E-state index contributed by atoms with van der Waals surface area (Å²) >= 11 is 0. The first-order chi connectivity index (χ1) is 15.4. The number of rotatable bonds is 10. The molecule has 0 fully saturated rings. The van der Waals surface area contributed by atoms with Crippen molar-refractivity contribution >= 4 is 5.91 Å². The smallest absolute Gasteiger partial charge is 0.271 e. The molecule has 1 amide bonds. The normalized spacial score (nSPS) is 12.1. The molecule has 0 aliphatic heterocycles. The average Bonchev–Trinajstić information content (AvgIpc) is 3.15. The van der Waals surface area contributed by atoms with Crippen LogP contribution in [0, 0.1) is 6.92 Å². The van der Waals surface area contributed by atoms with Crippen molar-refractivity contribution in [2.24, 2.45) is 0 Å². The van der Waals surface area contributed by atoms with Crippen LogP contribution in [-0.4, -0.2) is 41.6 Å². The molecule has 1 unspecified atom stereocenters. The second-order valence-electron chi connectivity index (χ2n) is 8.27. The summed E-state index contributed by atoms with van der Waals surface area (Å²) in [5.74, 6) is 0.640. The fraction of sp³-hybridized carbons (Fsp3) is 0.385. The average molecular weight is 436 g/mol. The van der Waals surface area contributed by atoms with Crippen molar-refractivity contribution in [2.45, 2.75) is 52.7 Å². The summed E-state index contributed by atoms with van der Waals surface area (Å²) in [7, 11) is 1.67. The van der Waals surface area contributed by atoms with Gasteiger partial charge in [-0.25, -0.2) is 4.68 Å². The molecule has 1 aromatic heterocycles. The lowest BCUT2D eigenvalue weighted by molar-refractivity contribution is 0.0195. The van der Waals surface area contributed by atoms with Crippen LogP contribution >= 0.6 is 0 Å². The van der Waals surface area contributed by atoms with E-state index in [1.54, 1.807) is 17.9 Å². The third-order valence-corrected chi connectivity index (χ3v) is 5.17. The van der Waals surface area contributed by atoms with E-state index in [1.807, 2.05) is 57.2 Å². The van der Waals surface area contributed by atoms with Gasteiger partial charge < -0.3 is 14.8 Å². The Morgan fingerprint density at radius 2 is 1.84 bits per heavy atom.